The first-order valence-corrected chi connectivity index (χ1v) is 6.36. The van der Waals surface area contributed by atoms with Gasteiger partial charge in [-0.15, -0.1) is 0 Å². The maximum atomic E-state index is 13.6. The SMILES string of the molecule is CC(C=O)(Cc1ccccc1F)NC(=O)OC(C)(C)C. The van der Waals surface area contributed by atoms with Gasteiger partial charge in [0.1, 0.15) is 23.2 Å². The van der Waals surface area contributed by atoms with E-state index < -0.39 is 23.1 Å². The lowest BCUT2D eigenvalue weighted by Gasteiger charge is -2.27. The molecule has 5 heteroatoms. The minimum atomic E-state index is -1.22. The van der Waals surface area contributed by atoms with E-state index in [1.54, 1.807) is 39.0 Å². The first-order chi connectivity index (χ1) is 9.15. The van der Waals surface area contributed by atoms with Gasteiger partial charge in [0.25, 0.3) is 0 Å². The van der Waals surface area contributed by atoms with E-state index in [0.717, 1.165) is 0 Å². The first-order valence-electron chi connectivity index (χ1n) is 6.36. The first kappa shape index (κ1) is 16.1. The lowest BCUT2D eigenvalue weighted by atomic mass is 9.94. The van der Waals surface area contributed by atoms with Crippen LogP contribution in [-0.4, -0.2) is 23.5 Å². The summed E-state index contributed by atoms with van der Waals surface area (Å²) in [5.41, 5.74) is -1.52. The zero-order valence-corrected chi connectivity index (χ0v) is 12.2. The van der Waals surface area contributed by atoms with Crippen LogP contribution in [0.15, 0.2) is 24.3 Å². The molecule has 0 radical (unpaired) electrons. The number of aldehydes is 1. The molecular weight excluding hydrogens is 261 g/mol. The molecule has 0 saturated heterocycles. The van der Waals surface area contributed by atoms with Gasteiger partial charge in [-0.3, -0.25) is 0 Å². The predicted molar refractivity (Wildman–Crippen MR) is 73.9 cm³/mol. The molecule has 0 heterocycles. The third kappa shape index (κ3) is 4.99. The Morgan fingerprint density at radius 1 is 1.30 bits per heavy atom. The molecule has 1 unspecified atom stereocenters. The average molecular weight is 281 g/mol. The zero-order chi connectivity index (χ0) is 15.4. The number of amides is 1. The quantitative estimate of drug-likeness (QED) is 0.863. The van der Waals surface area contributed by atoms with Gasteiger partial charge >= 0.3 is 6.09 Å². The van der Waals surface area contributed by atoms with Crippen molar-refractivity contribution in [2.24, 2.45) is 0 Å². The van der Waals surface area contributed by atoms with Gasteiger partial charge in [0.15, 0.2) is 0 Å². The standard InChI is InChI=1S/C15H20FNO3/c1-14(2,3)20-13(19)17-15(4,10-18)9-11-7-5-6-8-12(11)16/h5-8,10H,9H2,1-4H3,(H,17,19). The van der Waals surface area contributed by atoms with E-state index in [1.807, 2.05) is 0 Å². The summed E-state index contributed by atoms with van der Waals surface area (Å²) in [4.78, 5) is 23.0. The van der Waals surface area contributed by atoms with Crippen LogP contribution in [-0.2, 0) is 16.0 Å². The second-order valence-electron chi connectivity index (χ2n) is 5.93. The molecule has 4 nitrogen and oxygen atoms in total. The van der Waals surface area contributed by atoms with Crippen molar-refractivity contribution in [1.82, 2.24) is 5.32 Å². The second kappa shape index (κ2) is 6.03. The lowest BCUT2D eigenvalue weighted by molar-refractivity contribution is -0.112. The van der Waals surface area contributed by atoms with E-state index in [0.29, 0.717) is 11.8 Å². The van der Waals surface area contributed by atoms with Gasteiger partial charge < -0.3 is 14.8 Å². The highest BCUT2D eigenvalue weighted by atomic mass is 19.1. The van der Waals surface area contributed by atoms with E-state index in [-0.39, 0.29) is 6.42 Å². The number of carbonyl (C=O) groups is 2. The molecule has 0 bridgehead atoms. The Morgan fingerprint density at radius 2 is 1.90 bits per heavy atom. The average Bonchev–Trinajstić information content (AvgIpc) is 2.29. The van der Waals surface area contributed by atoms with Crippen LogP contribution in [0, 0.1) is 5.82 Å². The Morgan fingerprint density at radius 3 is 2.40 bits per heavy atom. The van der Waals surface area contributed by atoms with Crippen LogP contribution in [0.4, 0.5) is 9.18 Å². The van der Waals surface area contributed by atoms with E-state index in [4.69, 9.17) is 4.74 Å². The Balaban J connectivity index is 2.80. The Kier molecular flexibility index (Phi) is 4.87. The molecule has 110 valence electrons. The number of alkyl carbamates (subject to hydrolysis) is 1. The van der Waals surface area contributed by atoms with Crippen molar-refractivity contribution in [2.45, 2.75) is 45.3 Å². The summed E-state index contributed by atoms with van der Waals surface area (Å²) in [5.74, 6) is -0.411. The minimum absolute atomic E-state index is 0.0580. The molecule has 1 N–H and O–H groups in total. The molecule has 1 atom stereocenters. The van der Waals surface area contributed by atoms with Crippen LogP contribution in [0.2, 0.25) is 0 Å². The molecule has 0 aliphatic rings. The fraction of sp³-hybridized carbons (Fsp3) is 0.467. The van der Waals surface area contributed by atoms with Crippen LogP contribution in [0.1, 0.15) is 33.3 Å². The van der Waals surface area contributed by atoms with Crippen LogP contribution in [0.25, 0.3) is 0 Å². The molecule has 0 spiro atoms. The number of hydrogen-bond acceptors (Lipinski definition) is 3. The van der Waals surface area contributed by atoms with Gasteiger partial charge in [0.05, 0.1) is 0 Å². The van der Waals surface area contributed by atoms with Crippen molar-refractivity contribution in [2.75, 3.05) is 0 Å². The topological polar surface area (TPSA) is 55.4 Å². The highest BCUT2D eigenvalue weighted by molar-refractivity contribution is 5.76. The van der Waals surface area contributed by atoms with Crippen molar-refractivity contribution in [3.63, 3.8) is 0 Å². The van der Waals surface area contributed by atoms with Crippen molar-refractivity contribution in [1.29, 1.82) is 0 Å². The molecule has 0 fully saturated rings. The summed E-state index contributed by atoms with van der Waals surface area (Å²) >= 11 is 0. The third-order valence-electron chi connectivity index (χ3n) is 2.56. The fourth-order valence-corrected chi connectivity index (χ4v) is 1.69. The smallest absolute Gasteiger partial charge is 0.408 e. The number of carbonyl (C=O) groups excluding carboxylic acids is 2. The van der Waals surface area contributed by atoms with E-state index in [1.165, 1.54) is 13.0 Å². The Labute approximate surface area is 118 Å². The highest BCUT2D eigenvalue weighted by Crippen LogP contribution is 2.16. The maximum absolute atomic E-state index is 13.6. The molecule has 0 aromatic heterocycles. The number of benzene rings is 1. The van der Waals surface area contributed by atoms with Gasteiger partial charge in [-0.2, -0.15) is 0 Å². The largest absolute Gasteiger partial charge is 0.444 e. The summed E-state index contributed by atoms with van der Waals surface area (Å²) in [7, 11) is 0. The van der Waals surface area contributed by atoms with Crippen molar-refractivity contribution in [3.05, 3.63) is 35.6 Å². The molecule has 0 aliphatic heterocycles. The fourth-order valence-electron chi connectivity index (χ4n) is 1.69. The summed E-state index contributed by atoms with van der Waals surface area (Å²) in [6.45, 7) is 6.70. The van der Waals surface area contributed by atoms with Gasteiger partial charge in [-0.1, -0.05) is 18.2 Å². The Bertz CT molecular complexity index is 496. The summed E-state index contributed by atoms with van der Waals surface area (Å²) in [6, 6.07) is 6.14. The summed E-state index contributed by atoms with van der Waals surface area (Å²) in [5, 5.41) is 2.48. The van der Waals surface area contributed by atoms with Crippen LogP contribution < -0.4 is 5.32 Å². The lowest BCUT2D eigenvalue weighted by Crippen LogP contribution is -2.50. The van der Waals surface area contributed by atoms with Gasteiger partial charge in [0, 0.05) is 6.42 Å². The monoisotopic (exact) mass is 281 g/mol. The van der Waals surface area contributed by atoms with Gasteiger partial charge in [0.2, 0.25) is 0 Å². The number of nitrogens with one attached hydrogen (secondary N) is 1. The molecular formula is C15H20FNO3. The minimum Gasteiger partial charge on any atom is -0.444 e. The van der Waals surface area contributed by atoms with Crippen molar-refractivity contribution < 1.29 is 18.7 Å². The van der Waals surface area contributed by atoms with Gasteiger partial charge in [-0.05, 0) is 39.3 Å². The van der Waals surface area contributed by atoms with Crippen LogP contribution in [0.5, 0.6) is 0 Å². The summed E-state index contributed by atoms with van der Waals surface area (Å²) < 4.78 is 18.7. The van der Waals surface area contributed by atoms with E-state index in [2.05, 4.69) is 5.32 Å². The van der Waals surface area contributed by atoms with Crippen molar-refractivity contribution in [3.8, 4) is 0 Å². The number of hydrogen-bond donors (Lipinski definition) is 1. The number of rotatable bonds is 4. The highest BCUT2D eigenvalue weighted by Gasteiger charge is 2.29. The Hall–Kier alpha value is -1.91. The molecule has 1 aromatic carbocycles. The molecule has 0 aliphatic carbocycles. The number of halogens is 1. The molecule has 0 saturated carbocycles. The second-order valence-corrected chi connectivity index (χ2v) is 5.93. The number of ether oxygens (including phenoxy) is 1. The zero-order valence-electron chi connectivity index (χ0n) is 12.2. The summed E-state index contributed by atoms with van der Waals surface area (Å²) in [6.07, 6.45) is -0.0605. The van der Waals surface area contributed by atoms with Crippen LogP contribution >= 0.6 is 0 Å². The maximum Gasteiger partial charge on any atom is 0.408 e. The molecule has 20 heavy (non-hydrogen) atoms. The molecule has 1 rings (SSSR count). The van der Waals surface area contributed by atoms with E-state index in [9.17, 15) is 14.0 Å². The normalized spacial score (nSPS) is 14.2. The van der Waals surface area contributed by atoms with Crippen molar-refractivity contribution >= 4 is 12.4 Å². The predicted octanol–water partition coefficient (Wildman–Crippen LogP) is 2.85. The van der Waals surface area contributed by atoms with Gasteiger partial charge in [-0.25, -0.2) is 9.18 Å². The van der Waals surface area contributed by atoms with Crippen LogP contribution in [0.3, 0.4) is 0 Å². The third-order valence-corrected chi connectivity index (χ3v) is 2.56. The molecule has 1 aromatic rings. The molecule has 1 amide bonds. The van der Waals surface area contributed by atoms with E-state index >= 15 is 0 Å².